The molecule has 0 saturated heterocycles. The van der Waals surface area contributed by atoms with Crippen molar-refractivity contribution < 1.29 is 13.3 Å². The van der Waals surface area contributed by atoms with Crippen molar-refractivity contribution in [2.75, 3.05) is 19.8 Å². The highest BCUT2D eigenvalue weighted by Gasteiger charge is 2.50. The number of hydrogen-bond donors (Lipinski definition) is 0. The Balaban J connectivity index is 2.90. The maximum absolute atomic E-state index is 6.26. The minimum Gasteiger partial charge on any atom is -0.418 e. The average Bonchev–Trinajstić information content (AvgIpc) is 2.82. The van der Waals surface area contributed by atoms with Crippen molar-refractivity contribution >= 4 is 16.9 Å². The van der Waals surface area contributed by atoms with Gasteiger partial charge in [-0.1, -0.05) is 12.2 Å². The highest BCUT2D eigenvalue weighted by molar-refractivity contribution is 6.88. The van der Waals surface area contributed by atoms with Gasteiger partial charge in [-0.25, -0.2) is 0 Å². The Morgan fingerprint density at radius 3 is 2.00 bits per heavy atom. The van der Waals surface area contributed by atoms with Gasteiger partial charge in [0, 0.05) is 31.0 Å². The molecule has 0 aliphatic heterocycles. The Labute approximate surface area is 120 Å². The summed E-state index contributed by atoms with van der Waals surface area (Å²) in [6.45, 7) is 13.1. The van der Waals surface area contributed by atoms with Crippen molar-refractivity contribution in [1.82, 2.24) is 0 Å². The van der Waals surface area contributed by atoms with Gasteiger partial charge in [-0.05, 0) is 46.7 Å². The van der Waals surface area contributed by atoms with E-state index in [0.29, 0.717) is 5.54 Å². The second-order valence-electron chi connectivity index (χ2n) is 5.66. The van der Waals surface area contributed by atoms with E-state index in [1.165, 1.54) is 6.42 Å². The molecule has 1 rings (SSSR count). The van der Waals surface area contributed by atoms with E-state index in [-0.39, 0.29) is 0 Å². The predicted octanol–water partition coefficient (Wildman–Crippen LogP) is 4.00. The number of hydrogen-bond acceptors (Lipinski definition) is 3. The van der Waals surface area contributed by atoms with Crippen LogP contribution in [-0.4, -0.2) is 36.7 Å². The lowest BCUT2D eigenvalue weighted by Gasteiger charge is -2.38. The summed E-state index contributed by atoms with van der Waals surface area (Å²) in [5.41, 5.74) is 1.53. The molecule has 1 unspecified atom stereocenters. The molecule has 0 saturated carbocycles. The number of rotatable bonds is 9. The zero-order valence-electron chi connectivity index (χ0n) is 13.2. The van der Waals surface area contributed by atoms with Crippen LogP contribution in [0.2, 0.25) is 24.3 Å². The zero-order valence-corrected chi connectivity index (χ0v) is 15.2. The van der Waals surface area contributed by atoms with Crippen molar-refractivity contribution in [3.63, 3.8) is 0 Å². The van der Waals surface area contributed by atoms with Gasteiger partial charge in [-0.15, -0.1) is 0 Å². The van der Waals surface area contributed by atoms with Crippen LogP contribution in [0.3, 0.4) is 0 Å². The molecule has 0 radical (unpaired) electrons. The van der Waals surface area contributed by atoms with Crippen molar-refractivity contribution in [1.29, 1.82) is 0 Å². The molecule has 0 spiro atoms. The van der Waals surface area contributed by atoms with E-state index < -0.39 is 16.9 Å². The van der Waals surface area contributed by atoms with Crippen LogP contribution >= 0.6 is 0 Å². The van der Waals surface area contributed by atoms with Gasteiger partial charge in [-0.2, -0.15) is 0 Å². The van der Waals surface area contributed by atoms with Crippen LogP contribution < -0.4 is 0 Å². The first kappa shape index (κ1) is 17.1. The van der Waals surface area contributed by atoms with Crippen LogP contribution in [0.1, 0.15) is 33.6 Å². The zero-order chi connectivity index (χ0) is 14.4. The maximum atomic E-state index is 6.26. The summed E-state index contributed by atoms with van der Waals surface area (Å²) in [5, 5.41) is 0. The SMILES string of the molecule is CCO[Si](C)(C)C[Si](OCC)(OCC)C1C=CCC1. The van der Waals surface area contributed by atoms with E-state index in [2.05, 4.69) is 46.0 Å². The summed E-state index contributed by atoms with van der Waals surface area (Å²) in [6.07, 6.45) is 6.95. The molecule has 0 bridgehead atoms. The van der Waals surface area contributed by atoms with Crippen LogP contribution in [0.25, 0.3) is 0 Å². The van der Waals surface area contributed by atoms with Gasteiger partial charge in [0.05, 0.1) is 0 Å². The van der Waals surface area contributed by atoms with Crippen LogP contribution in [0.4, 0.5) is 0 Å². The molecule has 1 atom stereocenters. The topological polar surface area (TPSA) is 27.7 Å². The smallest absolute Gasteiger partial charge is 0.344 e. The predicted molar refractivity (Wildman–Crippen MR) is 85.0 cm³/mol. The minimum atomic E-state index is -2.19. The lowest BCUT2D eigenvalue weighted by atomic mass is 10.4. The summed E-state index contributed by atoms with van der Waals surface area (Å²) >= 11 is 0. The fourth-order valence-corrected chi connectivity index (χ4v) is 13.3. The van der Waals surface area contributed by atoms with Crippen LogP contribution in [-0.2, 0) is 13.3 Å². The third-order valence-corrected chi connectivity index (χ3v) is 13.2. The molecule has 1 aliphatic carbocycles. The fourth-order valence-electron chi connectivity index (χ4n) is 3.01. The molecule has 0 heterocycles. The monoisotopic (exact) mass is 302 g/mol. The third kappa shape index (κ3) is 4.82. The molecule has 0 fully saturated rings. The first-order valence-electron chi connectivity index (χ1n) is 7.58. The van der Waals surface area contributed by atoms with E-state index in [1.807, 2.05) is 0 Å². The van der Waals surface area contributed by atoms with Crippen LogP contribution in [0, 0.1) is 0 Å². The molecule has 112 valence electrons. The Morgan fingerprint density at radius 2 is 1.58 bits per heavy atom. The van der Waals surface area contributed by atoms with Crippen molar-refractivity contribution in [2.24, 2.45) is 0 Å². The van der Waals surface area contributed by atoms with Crippen molar-refractivity contribution in [3.05, 3.63) is 12.2 Å². The Hall–Kier alpha value is 0.0538. The lowest BCUT2D eigenvalue weighted by molar-refractivity contribution is 0.178. The normalized spacial score (nSPS) is 20.2. The van der Waals surface area contributed by atoms with Crippen molar-refractivity contribution in [3.8, 4) is 0 Å². The summed E-state index contributed by atoms with van der Waals surface area (Å²) in [7, 11) is -3.89. The molecule has 0 N–H and O–H groups in total. The third-order valence-electron chi connectivity index (χ3n) is 3.56. The van der Waals surface area contributed by atoms with Crippen LogP contribution in [0.5, 0.6) is 0 Å². The highest BCUT2D eigenvalue weighted by atomic mass is 28.4. The molecule has 1 aliphatic rings. The number of allylic oxidation sites excluding steroid dienone is 2. The van der Waals surface area contributed by atoms with Gasteiger partial charge in [0.2, 0.25) is 0 Å². The summed E-state index contributed by atoms with van der Waals surface area (Å²) in [5.74, 6) is 0. The Kier molecular flexibility index (Phi) is 6.96. The second-order valence-corrected chi connectivity index (χ2v) is 13.8. The molecule has 5 heteroatoms. The lowest BCUT2D eigenvalue weighted by Crippen LogP contribution is -2.53. The molecule has 0 amide bonds. The molecule has 19 heavy (non-hydrogen) atoms. The summed E-state index contributed by atoms with van der Waals surface area (Å²) in [4.78, 5) is 0. The first-order valence-corrected chi connectivity index (χ1v) is 12.8. The van der Waals surface area contributed by atoms with Gasteiger partial charge in [0.1, 0.15) is 0 Å². The molecule has 3 nitrogen and oxygen atoms in total. The molecule has 0 aromatic heterocycles. The summed E-state index contributed by atoms with van der Waals surface area (Å²) < 4.78 is 18.5. The summed E-state index contributed by atoms with van der Waals surface area (Å²) in [6, 6.07) is 0. The molecular weight excluding hydrogens is 272 g/mol. The molecule has 0 aromatic rings. The van der Waals surface area contributed by atoms with E-state index in [4.69, 9.17) is 13.3 Å². The van der Waals surface area contributed by atoms with Gasteiger partial charge in [0.15, 0.2) is 8.32 Å². The van der Waals surface area contributed by atoms with Crippen LogP contribution in [0.15, 0.2) is 12.2 Å². The van der Waals surface area contributed by atoms with E-state index >= 15 is 0 Å². The van der Waals surface area contributed by atoms with Gasteiger partial charge < -0.3 is 13.3 Å². The minimum absolute atomic E-state index is 0.500. The van der Waals surface area contributed by atoms with Gasteiger partial charge in [0.25, 0.3) is 0 Å². The molecular formula is C14H30O3Si2. The van der Waals surface area contributed by atoms with Crippen molar-refractivity contribution in [2.45, 2.75) is 57.9 Å². The van der Waals surface area contributed by atoms with Gasteiger partial charge in [-0.3, -0.25) is 0 Å². The standard InChI is InChI=1S/C14H30O3Si2/c1-6-15-18(4,5)13-19(16-7-2,17-8-3)14-11-9-10-12-14/h9,11,14H,6-8,10,12-13H2,1-5H3. The Bertz CT molecular complexity index is 286. The Morgan fingerprint density at radius 1 is 1.00 bits per heavy atom. The molecule has 0 aromatic carbocycles. The maximum Gasteiger partial charge on any atom is 0.344 e. The first-order chi connectivity index (χ1) is 8.99. The highest BCUT2D eigenvalue weighted by Crippen LogP contribution is 2.40. The van der Waals surface area contributed by atoms with E-state index in [9.17, 15) is 0 Å². The average molecular weight is 303 g/mol. The van der Waals surface area contributed by atoms with E-state index in [1.54, 1.807) is 0 Å². The second kappa shape index (κ2) is 7.74. The largest absolute Gasteiger partial charge is 0.418 e. The van der Waals surface area contributed by atoms with Gasteiger partial charge >= 0.3 is 8.56 Å². The van der Waals surface area contributed by atoms with E-state index in [0.717, 1.165) is 31.9 Å². The quantitative estimate of drug-likeness (QED) is 0.476. The fraction of sp³-hybridized carbons (Fsp3) is 0.857.